The van der Waals surface area contributed by atoms with E-state index in [0.717, 1.165) is 12.1 Å². The fourth-order valence-electron chi connectivity index (χ4n) is 3.17. The zero-order chi connectivity index (χ0) is 21.1. The van der Waals surface area contributed by atoms with Crippen LogP contribution in [0, 0.1) is 0 Å². The highest BCUT2D eigenvalue weighted by Crippen LogP contribution is 2.35. The van der Waals surface area contributed by atoms with Gasteiger partial charge in [0.05, 0.1) is 24.5 Å². The summed E-state index contributed by atoms with van der Waals surface area (Å²) in [5.41, 5.74) is 1.10. The summed E-state index contributed by atoms with van der Waals surface area (Å²) < 4.78 is 45.1. The van der Waals surface area contributed by atoms with Gasteiger partial charge >= 0.3 is 6.18 Å². The molecule has 30 heavy (non-hydrogen) atoms. The van der Waals surface area contributed by atoms with E-state index in [4.69, 9.17) is 4.74 Å². The maximum Gasteiger partial charge on any atom is 0.416 e. The molecule has 2 aromatic heterocycles. The molecule has 6 nitrogen and oxygen atoms in total. The summed E-state index contributed by atoms with van der Waals surface area (Å²) in [6.07, 6.45) is -0.964. The standard InChI is InChI=1S/C20H18F3N5OS/c1-30-19-24-6-5-16(25-19)15-12-17(28-7-9-29-10-8-28)26-27-18(15)13-3-2-4-14(11-13)20(21,22)23/h2-6,11-12H,7-10H2,1H3. The van der Waals surface area contributed by atoms with Crippen LogP contribution in [0.4, 0.5) is 19.0 Å². The molecule has 0 aliphatic carbocycles. The predicted octanol–water partition coefficient (Wildman–Crippen LogP) is 4.18. The van der Waals surface area contributed by atoms with Crippen LogP contribution in [0.2, 0.25) is 0 Å². The average Bonchev–Trinajstić information content (AvgIpc) is 2.79. The Morgan fingerprint density at radius 2 is 1.87 bits per heavy atom. The average molecular weight is 433 g/mol. The summed E-state index contributed by atoms with van der Waals surface area (Å²) in [5.74, 6) is 0.633. The Labute approximate surface area is 175 Å². The third-order valence-corrected chi connectivity index (χ3v) is 5.23. The largest absolute Gasteiger partial charge is 0.416 e. The van der Waals surface area contributed by atoms with Gasteiger partial charge in [-0.15, -0.1) is 10.2 Å². The quantitative estimate of drug-likeness (QED) is 0.452. The van der Waals surface area contributed by atoms with Crippen molar-refractivity contribution in [3.05, 3.63) is 48.2 Å². The Kier molecular flexibility index (Phi) is 5.87. The van der Waals surface area contributed by atoms with E-state index in [1.165, 1.54) is 17.8 Å². The van der Waals surface area contributed by atoms with Gasteiger partial charge in [0.25, 0.3) is 0 Å². The summed E-state index contributed by atoms with van der Waals surface area (Å²) in [4.78, 5) is 10.7. The molecule has 1 aliphatic rings. The molecule has 0 bridgehead atoms. The Morgan fingerprint density at radius 3 is 2.60 bits per heavy atom. The van der Waals surface area contributed by atoms with Gasteiger partial charge in [0.2, 0.25) is 0 Å². The molecule has 0 amide bonds. The minimum absolute atomic E-state index is 0.324. The van der Waals surface area contributed by atoms with E-state index in [1.54, 1.807) is 18.3 Å². The third kappa shape index (κ3) is 4.39. The first kappa shape index (κ1) is 20.5. The minimum atomic E-state index is -4.45. The zero-order valence-corrected chi connectivity index (χ0v) is 16.9. The van der Waals surface area contributed by atoms with Gasteiger partial charge in [-0.3, -0.25) is 0 Å². The van der Waals surface area contributed by atoms with E-state index in [-0.39, 0.29) is 0 Å². The van der Waals surface area contributed by atoms with Crippen molar-refractivity contribution in [2.75, 3.05) is 37.5 Å². The van der Waals surface area contributed by atoms with Gasteiger partial charge in [0.15, 0.2) is 11.0 Å². The molecule has 10 heteroatoms. The minimum Gasteiger partial charge on any atom is -0.378 e. The van der Waals surface area contributed by atoms with Crippen molar-refractivity contribution in [2.24, 2.45) is 0 Å². The first-order valence-corrected chi connectivity index (χ1v) is 10.4. The Balaban J connectivity index is 1.85. The van der Waals surface area contributed by atoms with E-state index in [1.807, 2.05) is 17.2 Å². The van der Waals surface area contributed by atoms with Crippen molar-refractivity contribution in [2.45, 2.75) is 11.3 Å². The zero-order valence-electron chi connectivity index (χ0n) is 16.1. The smallest absolute Gasteiger partial charge is 0.378 e. The van der Waals surface area contributed by atoms with E-state index in [2.05, 4.69) is 20.2 Å². The maximum absolute atomic E-state index is 13.2. The number of hydrogen-bond acceptors (Lipinski definition) is 7. The number of anilines is 1. The predicted molar refractivity (Wildman–Crippen MR) is 108 cm³/mol. The van der Waals surface area contributed by atoms with Crippen LogP contribution in [0.5, 0.6) is 0 Å². The van der Waals surface area contributed by atoms with Crippen LogP contribution in [0.15, 0.2) is 47.8 Å². The number of morpholine rings is 1. The molecule has 0 radical (unpaired) electrons. The summed E-state index contributed by atoms with van der Waals surface area (Å²) in [5, 5.41) is 9.16. The lowest BCUT2D eigenvalue weighted by atomic mass is 10.0. The lowest BCUT2D eigenvalue weighted by Gasteiger charge is -2.27. The van der Waals surface area contributed by atoms with Crippen molar-refractivity contribution in [1.82, 2.24) is 20.2 Å². The molecular formula is C20H18F3N5OS. The number of ether oxygens (including phenoxy) is 1. The number of halogens is 3. The van der Waals surface area contributed by atoms with Crippen molar-refractivity contribution in [1.29, 1.82) is 0 Å². The molecule has 1 aliphatic heterocycles. The monoisotopic (exact) mass is 433 g/mol. The molecule has 1 aromatic carbocycles. The third-order valence-electron chi connectivity index (χ3n) is 4.67. The van der Waals surface area contributed by atoms with Crippen LogP contribution in [0.3, 0.4) is 0 Å². The van der Waals surface area contributed by atoms with Crippen LogP contribution >= 0.6 is 11.8 Å². The van der Waals surface area contributed by atoms with Gasteiger partial charge in [-0.25, -0.2) is 9.97 Å². The fraction of sp³-hybridized carbons (Fsp3) is 0.300. The number of thioether (sulfide) groups is 1. The molecule has 3 heterocycles. The number of benzene rings is 1. The highest BCUT2D eigenvalue weighted by atomic mass is 32.2. The molecule has 4 rings (SSSR count). The molecule has 0 saturated carbocycles. The van der Waals surface area contributed by atoms with Gasteiger partial charge in [0.1, 0.15) is 5.69 Å². The van der Waals surface area contributed by atoms with Gasteiger partial charge in [-0.1, -0.05) is 23.9 Å². The van der Waals surface area contributed by atoms with E-state index < -0.39 is 11.7 Å². The number of nitrogens with zero attached hydrogens (tertiary/aromatic N) is 5. The molecular weight excluding hydrogens is 415 g/mol. The molecule has 156 valence electrons. The normalized spacial score (nSPS) is 14.7. The van der Waals surface area contributed by atoms with E-state index >= 15 is 0 Å². The number of aromatic nitrogens is 4. The second-order valence-electron chi connectivity index (χ2n) is 6.57. The molecule has 0 N–H and O–H groups in total. The van der Waals surface area contributed by atoms with Gasteiger partial charge in [-0.05, 0) is 30.5 Å². The highest BCUT2D eigenvalue weighted by molar-refractivity contribution is 7.98. The molecule has 3 aromatic rings. The first-order valence-electron chi connectivity index (χ1n) is 9.21. The fourth-order valence-corrected chi connectivity index (χ4v) is 3.52. The van der Waals surface area contributed by atoms with Crippen LogP contribution in [0.25, 0.3) is 22.5 Å². The maximum atomic E-state index is 13.2. The van der Waals surface area contributed by atoms with Crippen molar-refractivity contribution in [3.8, 4) is 22.5 Å². The number of alkyl halides is 3. The summed E-state index contributed by atoms with van der Waals surface area (Å²) in [6.45, 7) is 2.49. The van der Waals surface area contributed by atoms with Crippen LogP contribution in [0.1, 0.15) is 5.56 Å². The lowest BCUT2D eigenvalue weighted by molar-refractivity contribution is -0.137. The Morgan fingerprint density at radius 1 is 1.07 bits per heavy atom. The van der Waals surface area contributed by atoms with E-state index in [0.29, 0.717) is 59.8 Å². The SMILES string of the molecule is CSc1nccc(-c2cc(N3CCOCC3)nnc2-c2cccc(C(F)(F)F)c2)n1. The van der Waals surface area contributed by atoms with Gasteiger partial charge in [0, 0.05) is 30.4 Å². The molecule has 1 saturated heterocycles. The molecule has 0 atom stereocenters. The Bertz CT molecular complexity index is 1040. The highest BCUT2D eigenvalue weighted by Gasteiger charge is 2.31. The van der Waals surface area contributed by atoms with E-state index in [9.17, 15) is 13.2 Å². The number of rotatable bonds is 4. The summed E-state index contributed by atoms with van der Waals surface area (Å²) in [6, 6.07) is 8.62. The second-order valence-corrected chi connectivity index (χ2v) is 7.34. The summed E-state index contributed by atoms with van der Waals surface area (Å²) >= 11 is 1.38. The Hall–Kier alpha value is -2.72. The number of hydrogen-bond donors (Lipinski definition) is 0. The molecule has 0 spiro atoms. The van der Waals surface area contributed by atoms with Crippen molar-refractivity contribution >= 4 is 17.6 Å². The second kappa shape index (κ2) is 8.57. The molecule has 0 unspecified atom stereocenters. The summed E-state index contributed by atoms with van der Waals surface area (Å²) in [7, 11) is 0. The topological polar surface area (TPSA) is 64.0 Å². The lowest BCUT2D eigenvalue weighted by Crippen LogP contribution is -2.36. The van der Waals surface area contributed by atoms with Crippen molar-refractivity contribution < 1.29 is 17.9 Å². The van der Waals surface area contributed by atoms with Crippen LogP contribution in [-0.2, 0) is 10.9 Å². The first-order chi connectivity index (χ1) is 14.5. The van der Waals surface area contributed by atoms with Crippen molar-refractivity contribution in [3.63, 3.8) is 0 Å². The van der Waals surface area contributed by atoms with Gasteiger partial charge in [-0.2, -0.15) is 13.2 Å². The van der Waals surface area contributed by atoms with Crippen LogP contribution in [-0.4, -0.2) is 52.7 Å². The molecule has 1 fully saturated rings. The van der Waals surface area contributed by atoms with Gasteiger partial charge < -0.3 is 9.64 Å². The van der Waals surface area contributed by atoms with Crippen LogP contribution < -0.4 is 4.90 Å².